The predicted molar refractivity (Wildman–Crippen MR) is 70.2 cm³/mol. The molecule has 0 saturated carbocycles. The van der Waals surface area contributed by atoms with E-state index < -0.39 is 0 Å². The van der Waals surface area contributed by atoms with E-state index in [4.69, 9.17) is 4.42 Å². The molecule has 3 nitrogen and oxygen atoms in total. The van der Waals surface area contributed by atoms with Crippen molar-refractivity contribution in [1.29, 1.82) is 0 Å². The summed E-state index contributed by atoms with van der Waals surface area (Å²) in [6, 6.07) is 3.14. The molecule has 0 radical (unpaired) electrons. The Morgan fingerprint density at radius 3 is 2.82 bits per heavy atom. The molecule has 0 aromatic carbocycles. The van der Waals surface area contributed by atoms with Crippen LogP contribution in [0.2, 0.25) is 0 Å². The first kappa shape index (κ1) is 12.7. The van der Waals surface area contributed by atoms with Gasteiger partial charge in [0.2, 0.25) is 0 Å². The van der Waals surface area contributed by atoms with Gasteiger partial charge in [0.1, 0.15) is 11.5 Å². The van der Waals surface area contributed by atoms with Gasteiger partial charge in [0, 0.05) is 17.6 Å². The highest BCUT2D eigenvalue weighted by Crippen LogP contribution is 2.23. The molecule has 1 saturated heterocycles. The molecule has 3 unspecified atom stereocenters. The Kier molecular flexibility index (Phi) is 3.89. The molecule has 0 bridgehead atoms. The number of hydrogen-bond donors (Lipinski definition) is 2. The van der Waals surface area contributed by atoms with Gasteiger partial charge < -0.3 is 15.1 Å². The summed E-state index contributed by atoms with van der Waals surface area (Å²) in [6.07, 6.45) is 1.21. The summed E-state index contributed by atoms with van der Waals surface area (Å²) >= 11 is 0. The van der Waals surface area contributed by atoms with Gasteiger partial charge in [-0.15, -0.1) is 0 Å². The van der Waals surface area contributed by atoms with Crippen molar-refractivity contribution in [2.75, 3.05) is 13.1 Å². The first-order valence-corrected chi connectivity index (χ1v) is 6.61. The molecule has 1 aromatic heterocycles. The van der Waals surface area contributed by atoms with E-state index in [1.807, 2.05) is 13.8 Å². The van der Waals surface area contributed by atoms with Gasteiger partial charge in [-0.2, -0.15) is 0 Å². The normalized spacial score (nSPS) is 27.1. The first-order valence-electron chi connectivity index (χ1n) is 6.61. The number of nitrogens with one attached hydrogen (secondary N) is 2. The minimum absolute atomic E-state index is 0.373. The first-order chi connectivity index (χ1) is 8.08. The van der Waals surface area contributed by atoms with E-state index in [1.54, 1.807) is 0 Å². The van der Waals surface area contributed by atoms with E-state index in [2.05, 4.69) is 30.5 Å². The Balaban J connectivity index is 2.00. The summed E-state index contributed by atoms with van der Waals surface area (Å²) in [5.41, 5.74) is 1.30. The maximum Gasteiger partial charge on any atom is 0.105 e. The highest BCUT2D eigenvalue weighted by molar-refractivity contribution is 5.23. The average molecular weight is 236 g/mol. The van der Waals surface area contributed by atoms with Crippen molar-refractivity contribution in [3.8, 4) is 0 Å². The second-order valence-corrected chi connectivity index (χ2v) is 5.33. The standard InChI is InChI=1S/C14H24N2O/c1-9-8-15-6-5-14(9)16-11(3)13-7-10(2)17-12(13)4/h7,9,11,14-16H,5-6,8H2,1-4H3. The Bertz CT molecular complexity index is 372. The molecule has 17 heavy (non-hydrogen) atoms. The third-order valence-corrected chi connectivity index (χ3v) is 3.80. The monoisotopic (exact) mass is 236 g/mol. The van der Waals surface area contributed by atoms with Crippen LogP contribution >= 0.6 is 0 Å². The zero-order chi connectivity index (χ0) is 12.4. The van der Waals surface area contributed by atoms with E-state index >= 15 is 0 Å². The summed E-state index contributed by atoms with van der Waals surface area (Å²) in [6.45, 7) is 10.8. The minimum Gasteiger partial charge on any atom is -0.466 e. The molecule has 96 valence electrons. The summed E-state index contributed by atoms with van der Waals surface area (Å²) in [7, 11) is 0. The zero-order valence-electron chi connectivity index (χ0n) is 11.3. The molecule has 3 heteroatoms. The zero-order valence-corrected chi connectivity index (χ0v) is 11.3. The van der Waals surface area contributed by atoms with Crippen molar-refractivity contribution < 1.29 is 4.42 Å². The number of hydrogen-bond acceptors (Lipinski definition) is 3. The molecular weight excluding hydrogens is 212 g/mol. The smallest absolute Gasteiger partial charge is 0.105 e. The van der Waals surface area contributed by atoms with Crippen LogP contribution in [0.15, 0.2) is 10.5 Å². The van der Waals surface area contributed by atoms with Crippen LogP contribution < -0.4 is 10.6 Å². The molecule has 1 aliphatic rings. The lowest BCUT2D eigenvalue weighted by atomic mass is 9.94. The van der Waals surface area contributed by atoms with Crippen LogP contribution in [0, 0.1) is 19.8 Å². The van der Waals surface area contributed by atoms with Crippen molar-refractivity contribution in [3.05, 3.63) is 23.2 Å². The number of aryl methyl sites for hydroxylation is 2. The fraction of sp³-hybridized carbons (Fsp3) is 0.714. The van der Waals surface area contributed by atoms with Crippen molar-refractivity contribution in [2.45, 2.75) is 46.2 Å². The predicted octanol–water partition coefficient (Wildman–Crippen LogP) is 2.55. The van der Waals surface area contributed by atoms with Crippen molar-refractivity contribution in [3.63, 3.8) is 0 Å². The summed E-state index contributed by atoms with van der Waals surface area (Å²) in [4.78, 5) is 0. The molecule has 2 rings (SSSR count). The van der Waals surface area contributed by atoms with E-state index in [-0.39, 0.29) is 0 Å². The van der Waals surface area contributed by atoms with E-state index in [0.29, 0.717) is 18.0 Å². The molecule has 1 aromatic rings. The van der Waals surface area contributed by atoms with Crippen LogP contribution in [0.1, 0.15) is 43.4 Å². The molecular formula is C14H24N2O. The second-order valence-electron chi connectivity index (χ2n) is 5.33. The van der Waals surface area contributed by atoms with E-state index in [0.717, 1.165) is 24.6 Å². The van der Waals surface area contributed by atoms with Crippen LogP contribution in [-0.2, 0) is 0 Å². The van der Waals surface area contributed by atoms with E-state index in [9.17, 15) is 0 Å². The topological polar surface area (TPSA) is 37.2 Å². The highest BCUT2D eigenvalue weighted by atomic mass is 16.3. The van der Waals surface area contributed by atoms with Gasteiger partial charge in [-0.3, -0.25) is 0 Å². The minimum atomic E-state index is 0.373. The molecule has 3 atom stereocenters. The fourth-order valence-electron chi connectivity index (χ4n) is 2.75. The van der Waals surface area contributed by atoms with Crippen molar-refractivity contribution in [2.24, 2.45) is 5.92 Å². The highest BCUT2D eigenvalue weighted by Gasteiger charge is 2.23. The summed E-state index contributed by atoms with van der Waals surface area (Å²) < 4.78 is 5.60. The largest absolute Gasteiger partial charge is 0.466 e. The molecule has 0 aliphatic carbocycles. The molecule has 1 aliphatic heterocycles. The second kappa shape index (κ2) is 5.23. The van der Waals surface area contributed by atoms with Crippen LogP contribution in [-0.4, -0.2) is 19.1 Å². The molecule has 0 spiro atoms. The number of furan rings is 1. The van der Waals surface area contributed by atoms with Gasteiger partial charge >= 0.3 is 0 Å². The SMILES string of the molecule is Cc1cc(C(C)NC2CCNCC2C)c(C)o1. The molecule has 1 fully saturated rings. The van der Waals surface area contributed by atoms with Gasteiger partial charge in [0.05, 0.1) is 0 Å². The van der Waals surface area contributed by atoms with E-state index in [1.165, 1.54) is 12.0 Å². The van der Waals surface area contributed by atoms with Crippen LogP contribution in [0.4, 0.5) is 0 Å². The Morgan fingerprint density at radius 2 is 2.24 bits per heavy atom. The lowest BCUT2D eigenvalue weighted by Gasteiger charge is -2.32. The lowest BCUT2D eigenvalue weighted by Crippen LogP contribution is -2.47. The lowest BCUT2D eigenvalue weighted by molar-refractivity contribution is 0.277. The Morgan fingerprint density at radius 1 is 1.47 bits per heavy atom. The van der Waals surface area contributed by atoms with Gasteiger partial charge in [-0.1, -0.05) is 6.92 Å². The Labute approximate surface area is 104 Å². The Hall–Kier alpha value is -0.800. The molecule has 2 heterocycles. The van der Waals surface area contributed by atoms with Crippen LogP contribution in [0.5, 0.6) is 0 Å². The maximum absolute atomic E-state index is 5.60. The molecule has 2 N–H and O–H groups in total. The van der Waals surface area contributed by atoms with Crippen LogP contribution in [0.3, 0.4) is 0 Å². The number of piperidine rings is 1. The van der Waals surface area contributed by atoms with Crippen molar-refractivity contribution in [1.82, 2.24) is 10.6 Å². The summed E-state index contributed by atoms with van der Waals surface area (Å²) in [5.74, 6) is 2.74. The summed E-state index contributed by atoms with van der Waals surface area (Å²) in [5, 5.41) is 7.17. The fourth-order valence-corrected chi connectivity index (χ4v) is 2.75. The van der Waals surface area contributed by atoms with Gasteiger partial charge in [-0.25, -0.2) is 0 Å². The number of rotatable bonds is 3. The van der Waals surface area contributed by atoms with Gasteiger partial charge in [0.15, 0.2) is 0 Å². The molecule has 0 amide bonds. The van der Waals surface area contributed by atoms with Gasteiger partial charge in [0.25, 0.3) is 0 Å². The quantitative estimate of drug-likeness (QED) is 0.847. The average Bonchev–Trinajstić information content (AvgIpc) is 2.61. The van der Waals surface area contributed by atoms with Crippen molar-refractivity contribution >= 4 is 0 Å². The van der Waals surface area contributed by atoms with Gasteiger partial charge in [-0.05, 0) is 52.3 Å². The third-order valence-electron chi connectivity index (χ3n) is 3.80. The maximum atomic E-state index is 5.60. The van der Waals surface area contributed by atoms with Crippen LogP contribution in [0.25, 0.3) is 0 Å². The third kappa shape index (κ3) is 2.90.